The summed E-state index contributed by atoms with van der Waals surface area (Å²) in [5, 5.41) is -0.872. The van der Waals surface area contributed by atoms with E-state index < -0.39 is 38.6 Å². The van der Waals surface area contributed by atoms with Crippen LogP contribution in [0.3, 0.4) is 0 Å². The molecule has 0 aliphatic carbocycles. The third kappa shape index (κ3) is 3.44. The van der Waals surface area contributed by atoms with Crippen LogP contribution in [0, 0.1) is 5.82 Å². The number of carbonyl (C=O) groups excluding carboxylic acids is 1. The number of likely N-dealkylation sites (tertiary alicyclic amines) is 1. The molecule has 138 valence electrons. The number of benzene rings is 2. The molecule has 1 aliphatic rings. The summed E-state index contributed by atoms with van der Waals surface area (Å²) in [6.45, 7) is -0.260. The fraction of sp³-hybridized carbons (Fsp3) is 0.235. The summed E-state index contributed by atoms with van der Waals surface area (Å²) >= 11 is 0. The van der Waals surface area contributed by atoms with Crippen LogP contribution in [-0.2, 0) is 16.0 Å². The molecule has 0 radical (unpaired) electrons. The van der Waals surface area contributed by atoms with Crippen molar-refractivity contribution in [1.29, 1.82) is 0 Å². The van der Waals surface area contributed by atoms with Crippen molar-refractivity contribution < 1.29 is 30.8 Å². The van der Waals surface area contributed by atoms with Gasteiger partial charge in [-0.25, -0.2) is 12.8 Å². The van der Waals surface area contributed by atoms with Crippen molar-refractivity contribution in [1.82, 2.24) is 4.90 Å². The molecule has 2 aromatic rings. The molecule has 1 fully saturated rings. The van der Waals surface area contributed by atoms with Gasteiger partial charge in [0, 0.05) is 18.7 Å². The van der Waals surface area contributed by atoms with Gasteiger partial charge in [-0.05, 0) is 42.5 Å². The van der Waals surface area contributed by atoms with Crippen LogP contribution in [0.1, 0.15) is 15.9 Å². The molecule has 0 unspecified atom stereocenters. The van der Waals surface area contributed by atoms with Crippen molar-refractivity contribution >= 4 is 15.7 Å². The predicted molar refractivity (Wildman–Crippen MR) is 84.7 cm³/mol. The number of hydrogen-bond acceptors (Lipinski definition) is 3. The van der Waals surface area contributed by atoms with Gasteiger partial charge in [0.2, 0.25) is 0 Å². The number of nitrogens with zero attached hydrogens (tertiary/aromatic N) is 1. The third-order valence-electron chi connectivity index (χ3n) is 4.15. The van der Waals surface area contributed by atoms with Crippen molar-refractivity contribution in [2.45, 2.75) is 16.3 Å². The molecular weight excluding hydrogens is 374 g/mol. The average Bonchev–Trinajstić information content (AvgIpc) is 2.53. The van der Waals surface area contributed by atoms with Crippen LogP contribution >= 0.6 is 0 Å². The minimum absolute atomic E-state index is 0.0601. The fourth-order valence-corrected chi connectivity index (χ4v) is 4.28. The molecule has 1 saturated heterocycles. The first-order valence-electron chi connectivity index (χ1n) is 7.55. The maximum absolute atomic E-state index is 12.9. The van der Waals surface area contributed by atoms with Crippen molar-refractivity contribution in [3.63, 3.8) is 0 Å². The molecule has 1 amide bonds. The van der Waals surface area contributed by atoms with Crippen LogP contribution in [0.25, 0.3) is 0 Å². The molecule has 1 aliphatic heterocycles. The van der Waals surface area contributed by atoms with E-state index in [1.54, 1.807) is 0 Å². The molecule has 26 heavy (non-hydrogen) atoms. The molecule has 0 spiro atoms. The Kier molecular flexibility index (Phi) is 4.51. The molecule has 4 nitrogen and oxygen atoms in total. The summed E-state index contributed by atoms with van der Waals surface area (Å²) in [4.78, 5) is 13.4. The Morgan fingerprint density at radius 2 is 1.65 bits per heavy atom. The van der Waals surface area contributed by atoms with E-state index in [-0.39, 0.29) is 23.5 Å². The molecule has 0 bridgehead atoms. The van der Waals surface area contributed by atoms with Gasteiger partial charge >= 0.3 is 6.18 Å². The maximum Gasteiger partial charge on any atom is 0.416 e. The Bertz CT molecular complexity index is 933. The summed E-state index contributed by atoms with van der Waals surface area (Å²) < 4.78 is 75.9. The highest BCUT2D eigenvalue weighted by Gasteiger charge is 2.41. The molecule has 0 saturated carbocycles. The molecule has 9 heteroatoms. The molecule has 3 rings (SSSR count). The van der Waals surface area contributed by atoms with E-state index in [4.69, 9.17) is 0 Å². The van der Waals surface area contributed by atoms with Gasteiger partial charge in [-0.3, -0.25) is 4.79 Å². The number of amides is 1. The van der Waals surface area contributed by atoms with Gasteiger partial charge in [-0.2, -0.15) is 13.2 Å². The number of halogens is 4. The first-order chi connectivity index (χ1) is 12.1. The van der Waals surface area contributed by atoms with Crippen LogP contribution in [0.15, 0.2) is 53.4 Å². The summed E-state index contributed by atoms with van der Waals surface area (Å²) in [5.41, 5.74) is -1.10. The molecular formula is C17H13F4NO3S. The van der Waals surface area contributed by atoms with E-state index in [1.807, 2.05) is 0 Å². The zero-order valence-corrected chi connectivity index (χ0v) is 14.0. The number of rotatable bonds is 3. The van der Waals surface area contributed by atoms with E-state index in [9.17, 15) is 30.8 Å². The number of alkyl halides is 3. The Balaban J connectivity index is 1.72. The molecule has 2 aromatic carbocycles. The average molecular weight is 387 g/mol. The van der Waals surface area contributed by atoms with Crippen LogP contribution in [0.4, 0.5) is 17.6 Å². The van der Waals surface area contributed by atoms with Crippen LogP contribution in [0.2, 0.25) is 0 Å². The number of sulfone groups is 1. The van der Waals surface area contributed by atoms with Gasteiger partial charge < -0.3 is 4.90 Å². The first kappa shape index (κ1) is 18.4. The van der Waals surface area contributed by atoms with Crippen molar-refractivity contribution in [3.8, 4) is 0 Å². The van der Waals surface area contributed by atoms with Gasteiger partial charge in [0.05, 0.1) is 10.5 Å². The quantitative estimate of drug-likeness (QED) is 0.601. The van der Waals surface area contributed by atoms with E-state index in [2.05, 4.69) is 0 Å². The van der Waals surface area contributed by atoms with Gasteiger partial charge in [-0.1, -0.05) is 6.07 Å². The highest BCUT2D eigenvalue weighted by Crippen LogP contribution is 2.31. The Morgan fingerprint density at radius 1 is 1.04 bits per heavy atom. The lowest BCUT2D eigenvalue weighted by atomic mass is 10.1. The fourth-order valence-electron chi connectivity index (χ4n) is 2.63. The molecule has 1 heterocycles. The summed E-state index contributed by atoms with van der Waals surface area (Å²) in [7, 11) is -3.74. The first-order valence-corrected chi connectivity index (χ1v) is 9.09. The maximum atomic E-state index is 12.9. The summed E-state index contributed by atoms with van der Waals surface area (Å²) in [6, 6.07) is 8.30. The Morgan fingerprint density at radius 3 is 2.23 bits per heavy atom. The highest BCUT2D eigenvalue weighted by molar-refractivity contribution is 7.92. The Hall–Kier alpha value is -2.42. The smallest absolute Gasteiger partial charge is 0.336 e. The van der Waals surface area contributed by atoms with Crippen molar-refractivity contribution in [3.05, 3.63) is 65.5 Å². The van der Waals surface area contributed by atoms with Crippen LogP contribution in [0.5, 0.6) is 0 Å². The van der Waals surface area contributed by atoms with Crippen molar-refractivity contribution in [2.24, 2.45) is 0 Å². The summed E-state index contributed by atoms with van der Waals surface area (Å²) in [6.07, 6.45) is -4.57. The van der Waals surface area contributed by atoms with E-state index in [0.29, 0.717) is 0 Å². The molecule has 0 atom stereocenters. The molecule has 0 aromatic heterocycles. The second-order valence-electron chi connectivity index (χ2n) is 5.91. The standard InChI is InChI=1S/C17H13F4NO3S/c18-13-4-6-14(7-5-13)26(24,25)15-9-22(10-15)16(23)11-2-1-3-12(8-11)17(19,20)21/h1-8,15H,9-10H2. The second kappa shape index (κ2) is 6.39. The lowest BCUT2D eigenvalue weighted by Gasteiger charge is -2.38. The zero-order valence-electron chi connectivity index (χ0n) is 13.2. The monoisotopic (exact) mass is 387 g/mol. The Labute approximate surface area is 147 Å². The summed E-state index contributed by atoms with van der Waals surface area (Å²) in [5.74, 6) is -1.24. The highest BCUT2D eigenvalue weighted by atomic mass is 32.2. The topological polar surface area (TPSA) is 54.5 Å². The van der Waals surface area contributed by atoms with Crippen LogP contribution in [-0.4, -0.2) is 37.6 Å². The van der Waals surface area contributed by atoms with Gasteiger partial charge in [-0.15, -0.1) is 0 Å². The van der Waals surface area contributed by atoms with Crippen LogP contribution < -0.4 is 0 Å². The van der Waals surface area contributed by atoms with Gasteiger partial charge in [0.25, 0.3) is 5.91 Å². The van der Waals surface area contributed by atoms with Gasteiger partial charge in [0.1, 0.15) is 11.1 Å². The number of carbonyl (C=O) groups is 1. The minimum atomic E-state index is -4.57. The zero-order chi connectivity index (χ0) is 19.1. The van der Waals surface area contributed by atoms with E-state index in [0.717, 1.165) is 42.5 Å². The number of hydrogen-bond donors (Lipinski definition) is 0. The lowest BCUT2D eigenvalue weighted by Crippen LogP contribution is -2.56. The normalized spacial score (nSPS) is 15.6. The predicted octanol–water partition coefficient (Wildman–Crippen LogP) is 3.14. The SMILES string of the molecule is O=C(c1cccc(C(F)(F)F)c1)N1CC(S(=O)(=O)c2ccc(F)cc2)C1. The van der Waals surface area contributed by atoms with E-state index in [1.165, 1.54) is 11.0 Å². The van der Waals surface area contributed by atoms with Gasteiger partial charge in [0.15, 0.2) is 9.84 Å². The largest absolute Gasteiger partial charge is 0.416 e. The van der Waals surface area contributed by atoms with Crippen molar-refractivity contribution in [2.75, 3.05) is 13.1 Å². The lowest BCUT2D eigenvalue weighted by molar-refractivity contribution is -0.137. The van der Waals surface area contributed by atoms with E-state index >= 15 is 0 Å². The minimum Gasteiger partial charge on any atom is -0.336 e. The third-order valence-corrected chi connectivity index (χ3v) is 6.26. The molecule has 0 N–H and O–H groups in total. The second-order valence-corrected chi connectivity index (χ2v) is 8.14.